The molecule has 0 atom stereocenters. The van der Waals surface area contributed by atoms with Gasteiger partial charge in [0, 0.05) is 18.7 Å². The zero-order valence-electron chi connectivity index (χ0n) is 10.8. The fraction of sp³-hybridized carbons (Fsp3) is 0.0714. The first-order valence-electron chi connectivity index (χ1n) is 6.01. The normalized spacial score (nSPS) is 10.7. The van der Waals surface area contributed by atoms with Crippen molar-refractivity contribution in [3.8, 4) is 21.8 Å². The maximum Gasteiger partial charge on any atom is 0.266 e. The predicted octanol–water partition coefficient (Wildman–Crippen LogP) is 2.15. The van der Waals surface area contributed by atoms with Crippen LogP contribution in [0.5, 0.6) is 0 Å². The number of hydrogen-bond acceptors (Lipinski definition) is 5. The zero-order valence-corrected chi connectivity index (χ0v) is 11.6. The summed E-state index contributed by atoms with van der Waals surface area (Å²) in [5, 5.41) is 4.74. The molecule has 3 aromatic rings. The molecule has 2 aromatic heterocycles. The molecule has 20 heavy (non-hydrogen) atoms. The Balaban J connectivity index is 2.19. The number of nitrogens with zero attached hydrogens (tertiary/aromatic N) is 3. The summed E-state index contributed by atoms with van der Waals surface area (Å²) in [4.78, 5) is 16.7. The summed E-state index contributed by atoms with van der Waals surface area (Å²) < 4.78 is 1.31. The first-order valence-corrected chi connectivity index (χ1v) is 6.83. The van der Waals surface area contributed by atoms with Gasteiger partial charge in [-0.3, -0.25) is 4.79 Å². The van der Waals surface area contributed by atoms with E-state index in [-0.39, 0.29) is 5.56 Å². The average molecular weight is 284 g/mol. The third-order valence-electron chi connectivity index (χ3n) is 2.88. The van der Waals surface area contributed by atoms with Gasteiger partial charge in [-0.05, 0) is 6.07 Å². The van der Waals surface area contributed by atoms with E-state index in [1.54, 1.807) is 13.1 Å². The summed E-state index contributed by atoms with van der Waals surface area (Å²) in [6.45, 7) is 0. The molecule has 0 radical (unpaired) electrons. The second-order valence-electron chi connectivity index (χ2n) is 4.28. The van der Waals surface area contributed by atoms with Crippen molar-refractivity contribution < 1.29 is 0 Å². The number of anilines is 1. The van der Waals surface area contributed by atoms with Gasteiger partial charge in [0.15, 0.2) is 5.13 Å². The van der Waals surface area contributed by atoms with Gasteiger partial charge in [0.2, 0.25) is 0 Å². The van der Waals surface area contributed by atoms with Crippen molar-refractivity contribution in [2.24, 2.45) is 7.05 Å². The quantitative estimate of drug-likeness (QED) is 0.782. The molecule has 0 saturated carbocycles. The number of aromatic nitrogens is 3. The minimum Gasteiger partial charge on any atom is -0.375 e. The topological polar surface area (TPSA) is 73.8 Å². The van der Waals surface area contributed by atoms with Crippen LogP contribution in [0.25, 0.3) is 21.8 Å². The molecule has 6 heteroatoms. The van der Waals surface area contributed by atoms with Gasteiger partial charge in [0.25, 0.3) is 5.56 Å². The highest BCUT2D eigenvalue weighted by Crippen LogP contribution is 2.36. The third-order valence-corrected chi connectivity index (χ3v) is 3.79. The Kier molecular flexibility index (Phi) is 3.08. The number of thiazole rings is 1. The van der Waals surface area contributed by atoms with E-state index >= 15 is 0 Å². The van der Waals surface area contributed by atoms with Crippen molar-refractivity contribution >= 4 is 16.5 Å². The van der Waals surface area contributed by atoms with E-state index < -0.39 is 0 Å². The van der Waals surface area contributed by atoms with Crippen LogP contribution in [0, 0.1) is 0 Å². The molecule has 0 saturated heterocycles. The number of nitrogens with two attached hydrogens (primary N) is 1. The van der Waals surface area contributed by atoms with E-state index in [9.17, 15) is 4.79 Å². The lowest BCUT2D eigenvalue weighted by molar-refractivity contribution is 0.712. The van der Waals surface area contributed by atoms with Crippen LogP contribution in [0.3, 0.4) is 0 Å². The van der Waals surface area contributed by atoms with Crippen molar-refractivity contribution in [2.75, 3.05) is 5.73 Å². The lowest BCUT2D eigenvalue weighted by Gasteiger charge is -2.03. The monoisotopic (exact) mass is 284 g/mol. The number of hydrogen-bond donors (Lipinski definition) is 1. The maximum absolute atomic E-state index is 11.4. The minimum atomic E-state index is -0.146. The molecule has 100 valence electrons. The Morgan fingerprint density at radius 3 is 2.60 bits per heavy atom. The highest BCUT2D eigenvalue weighted by atomic mass is 32.1. The van der Waals surface area contributed by atoms with Crippen LogP contribution in [0.2, 0.25) is 0 Å². The molecule has 0 aliphatic heterocycles. The van der Waals surface area contributed by atoms with Gasteiger partial charge in [0.05, 0.1) is 10.6 Å². The number of rotatable bonds is 2. The van der Waals surface area contributed by atoms with E-state index in [4.69, 9.17) is 5.73 Å². The van der Waals surface area contributed by atoms with Gasteiger partial charge in [-0.2, -0.15) is 5.10 Å². The lowest BCUT2D eigenvalue weighted by Crippen LogP contribution is -2.18. The fourth-order valence-electron chi connectivity index (χ4n) is 1.93. The van der Waals surface area contributed by atoms with E-state index in [0.29, 0.717) is 10.8 Å². The Labute approximate surface area is 119 Å². The Morgan fingerprint density at radius 1 is 1.15 bits per heavy atom. The van der Waals surface area contributed by atoms with Gasteiger partial charge in [0.1, 0.15) is 5.69 Å². The van der Waals surface area contributed by atoms with Crippen LogP contribution >= 0.6 is 11.3 Å². The summed E-state index contributed by atoms with van der Waals surface area (Å²) in [5.74, 6) is 0. The van der Waals surface area contributed by atoms with Crippen molar-refractivity contribution in [3.63, 3.8) is 0 Å². The number of benzene rings is 1. The summed E-state index contributed by atoms with van der Waals surface area (Å²) in [6, 6.07) is 13.0. The standard InChI is InChI=1S/C14H12N4OS/c1-18-11(19)8-7-10(17-18)13-12(16-14(15)20-13)9-5-3-2-4-6-9/h2-8H,1H3,(H2,15,16). The third kappa shape index (κ3) is 2.21. The molecule has 5 nitrogen and oxygen atoms in total. The van der Waals surface area contributed by atoms with Crippen molar-refractivity contribution in [1.29, 1.82) is 0 Å². The molecular formula is C14H12N4OS. The molecule has 0 aliphatic rings. The first kappa shape index (κ1) is 12.6. The Bertz CT molecular complexity index is 808. The van der Waals surface area contributed by atoms with E-state index in [0.717, 1.165) is 16.1 Å². The summed E-state index contributed by atoms with van der Waals surface area (Å²) in [5.41, 5.74) is 8.15. The average Bonchev–Trinajstić information content (AvgIpc) is 2.85. The van der Waals surface area contributed by atoms with Gasteiger partial charge in [-0.25, -0.2) is 9.67 Å². The van der Waals surface area contributed by atoms with Crippen LogP contribution in [-0.2, 0) is 7.05 Å². The van der Waals surface area contributed by atoms with E-state index in [2.05, 4.69) is 10.1 Å². The van der Waals surface area contributed by atoms with Crippen LogP contribution in [0.4, 0.5) is 5.13 Å². The van der Waals surface area contributed by atoms with E-state index in [1.165, 1.54) is 22.1 Å². The van der Waals surface area contributed by atoms with Gasteiger partial charge < -0.3 is 5.73 Å². The fourth-order valence-corrected chi connectivity index (χ4v) is 2.75. The van der Waals surface area contributed by atoms with Crippen LogP contribution in [0.1, 0.15) is 0 Å². The molecule has 0 spiro atoms. The second-order valence-corrected chi connectivity index (χ2v) is 5.31. The van der Waals surface area contributed by atoms with Gasteiger partial charge in [-0.1, -0.05) is 41.7 Å². The molecule has 0 fully saturated rings. The highest BCUT2D eigenvalue weighted by molar-refractivity contribution is 7.19. The van der Waals surface area contributed by atoms with Crippen molar-refractivity contribution in [1.82, 2.24) is 14.8 Å². The smallest absolute Gasteiger partial charge is 0.266 e. The highest BCUT2D eigenvalue weighted by Gasteiger charge is 2.15. The lowest BCUT2D eigenvalue weighted by atomic mass is 10.1. The first-order chi connectivity index (χ1) is 9.65. The number of aryl methyl sites for hydroxylation is 1. The van der Waals surface area contributed by atoms with Crippen LogP contribution in [0.15, 0.2) is 47.3 Å². The van der Waals surface area contributed by atoms with Gasteiger partial charge in [-0.15, -0.1) is 0 Å². The van der Waals surface area contributed by atoms with E-state index in [1.807, 2.05) is 30.3 Å². The summed E-state index contributed by atoms with van der Waals surface area (Å²) >= 11 is 1.37. The molecule has 0 aliphatic carbocycles. The van der Waals surface area contributed by atoms with Gasteiger partial charge >= 0.3 is 0 Å². The summed E-state index contributed by atoms with van der Waals surface area (Å²) in [7, 11) is 1.62. The Hall–Kier alpha value is -2.47. The predicted molar refractivity (Wildman–Crippen MR) is 80.4 cm³/mol. The maximum atomic E-state index is 11.4. The molecule has 0 bridgehead atoms. The molecule has 0 unspecified atom stereocenters. The SMILES string of the molecule is Cn1nc(-c2sc(N)nc2-c2ccccc2)ccc1=O. The van der Waals surface area contributed by atoms with Crippen molar-refractivity contribution in [3.05, 3.63) is 52.8 Å². The van der Waals surface area contributed by atoms with Crippen LogP contribution < -0.4 is 11.3 Å². The Morgan fingerprint density at radius 2 is 1.90 bits per heavy atom. The minimum absolute atomic E-state index is 0.146. The molecule has 3 rings (SSSR count). The molecule has 1 aromatic carbocycles. The summed E-state index contributed by atoms with van der Waals surface area (Å²) in [6.07, 6.45) is 0. The second kappa shape index (κ2) is 4.90. The van der Waals surface area contributed by atoms with Crippen LogP contribution in [-0.4, -0.2) is 14.8 Å². The molecular weight excluding hydrogens is 272 g/mol. The molecule has 0 amide bonds. The van der Waals surface area contributed by atoms with Crippen molar-refractivity contribution in [2.45, 2.75) is 0 Å². The zero-order chi connectivity index (χ0) is 14.1. The molecule has 2 N–H and O–H groups in total. The molecule has 2 heterocycles. The number of nitrogen functional groups attached to an aromatic ring is 1. The largest absolute Gasteiger partial charge is 0.375 e.